The van der Waals surface area contributed by atoms with Gasteiger partial charge in [0, 0.05) is 5.56 Å². The van der Waals surface area contributed by atoms with Gasteiger partial charge in [0.05, 0.1) is 47.7 Å². The van der Waals surface area contributed by atoms with Gasteiger partial charge in [0.2, 0.25) is 5.75 Å². The molecular formula is C14H21N4O3+. The maximum Gasteiger partial charge on any atom is 0.369 e. The Bertz CT molecular complexity index is 562. The van der Waals surface area contributed by atoms with Crippen LogP contribution in [-0.2, 0) is 0 Å². The van der Waals surface area contributed by atoms with E-state index in [-0.39, 0.29) is 0 Å². The highest BCUT2D eigenvalue weighted by atomic mass is 16.5. The van der Waals surface area contributed by atoms with Crippen LogP contribution in [0.5, 0.6) is 17.2 Å². The van der Waals surface area contributed by atoms with Gasteiger partial charge in [0.1, 0.15) is 0 Å². The van der Waals surface area contributed by atoms with E-state index in [1.54, 1.807) is 32.2 Å². The van der Waals surface area contributed by atoms with Crippen molar-refractivity contribution in [2.24, 2.45) is 5.10 Å². The molecule has 114 valence electrons. The van der Waals surface area contributed by atoms with Gasteiger partial charge in [-0.2, -0.15) is 0 Å². The van der Waals surface area contributed by atoms with E-state index in [0.29, 0.717) is 17.2 Å². The largest absolute Gasteiger partial charge is 0.493 e. The van der Waals surface area contributed by atoms with Crippen LogP contribution in [0, 0.1) is 0 Å². The summed E-state index contributed by atoms with van der Waals surface area (Å²) < 4.78 is 17.8. The highest BCUT2D eigenvalue weighted by molar-refractivity contribution is 5.86. The standard InChI is InChI=1S/C14H20N4O3/c1-18(14-15-7-8-16-14)17-9-10-5-6-11(19-2)13(21-4)12(10)20-3/h5-6,9H,7-8H2,1-4H3,(H,15,16)/p+1. The third-order valence-corrected chi connectivity index (χ3v) is 3.14. The molecule has 0 unspecified atom stereocenters. The Balaban J connectivity index is 2.33. The number of benzene rings is 1. The summed E-state index contributed by atoms with van der Waals surface area (Å²) in [6, 6.07) is 3.69. The van der Waals surface area contributed by atoms with Crippen molar-refractivity contribution in [3.05, 3.63) is 17.7 Å². The van der Waals surface area contributed by atoms with E-state index >= 15 is 0 Å². The maximum atomic E-state index is 5.41. The maximum absolute atomic E-state index is 5.41. The molecule has 0 radical (unpaired) electrons. The van der Waals surface area contributed by atoms with Gasteiger partial charge in [-0.3, -0.25) is 10.6 Å². The second-order valence-electron chi connectivity index (χ2n) is 4.39. The van der Waals surface area contributed by atoms with Crippen molar-refractivity contribution >= 4 is 12.2 Å². The molecule has 1 fully saturated rings. The molecule has 2 N–H and O–H groups in total. The molecule has 0 atom stereocenters. The fraction of sp³-hybridized carbons (Fsp3) is 0.429. The fourth-order valence-corrected chi connectivity index (χ4v) is 2.09. The van der Waals surface area contributed by atoms with E-state index in [9.17, 15) is 0 Å². The Morgan fingerprint density at radius 1 is 1.05 bits per heavy atom. The molecule has 7 heteroatoms. The zero-order chi connectivity index (χ0) is 15.2. The first-order valence-electron chi connectivity index (χ1n) is 6.62. The van der Waals surface area contributed by atoms with Crippen molar-refractivity contribution in [2.75, 3.05) is 41.5 Å². The van der Waals surface area contributed by atoms with Crippen molar-refractivity contribution in [1.82, 2.24) is 10.6 Å². The van der Waals surface area contributed by atoms with Gasteiger partial charge >= 0.3 is 5.96 Å². The van der Waals surface area contributed by atoms with Crippen LogP contribution < -0.4 is 24.8 Å². The normalized spacial score (nSPS) is 13.8. The quantitative estimate of drug-likeness (QED) is 0.462. The number of nitrogens with one attached hydrogen (secondary N) is 2. The highest BCUT2D eigenvalue weighted by Crippen LogP contribution is 2.38. The molecule has 0 amide bonds. The summed E-state index contributed by atoms with van der Waals surface area (Å²) in [5.74, 6) is 2.64. The number of hydrogen-bond donors (Lipinski definition) is 2. The minimum atomic E-state index is 0.552. The number of methoxy groups -OCH3 is 3. The predicted molar refractivity (Wildman–Crippen MR) is 80.9 cm³/mol. The summed E-state index contributed by atoms with van der Waals surface area (Å²) in [5.41, 5.74) is 0.806. The van der Waals surface area contributed by atoms with E-state index in [1.165, 1.54) is 0 Å². The van der Waals surface area contributed by atoms with Crippen molar-refractivity contribution in [3.63, 3.8) is 0 Å². The van der Waals surface area contributed by atoms with Crippen LogP contribution in [-0.4, -0.2) is 58.3 Å². The van der Waals surface area contributed by atoms with Crippen molar-refractivity contribution < 1.29 is 18.9 Å². The number of rotatable bonds is 5. The molecule has 1 heterocycles. The molecule has 0 spiro atoms. The molecule has 1 saturated heterocycles. The Labute approximate surface area is 124 Å². The highest BCUT2D eigenvalue weighted by Gasteiger charge is 2.17. The lowest BCUT2D eigenvalue weighted by Crippen LogP contribution is -2.31. The Hall–Kier alpha value is -2.44. The predicted octanol–water partition coefficient (Wildman–Crippen LogP) is 0.237. The SMILES string of the molecule is COc1ccc(C=N[N+](C)=C2NCCN2)c(OC)c1OC. The van der Waals surface area contributed by atoms with Crippen LogP contribution in [0.15, 0.2) is 17.2 Å². The molecular weight excluding hydrogens is 272 g/mol. The van der Waals surface area contributed by atoms with Crippen molar-refractivity contribution in [1.29, 1.82) is 0 Å². The van der Waals surface area contributed by atoms with Gasteiger partial charge in [-0.25, -0.2) is 0 Å². The number of hydrogen-bond acceptors (Lipinski definition) is 4. The van der Waals surface area contributed by atoms with Gasteiger partial charge in [0.25, 0.3) is 0 Å². The summed E-state index contributed by atoms with van der Waals surface area (Å²) in [5, 5.41) is 10.8. The third kappa shape index (κ3) is 3.18. The molecule has 0 saturated carbocycles. The Morgan fingerprint density at radius 3 is 2.29 bits per heavy atom. The summed E-state index contributed by atoms with van der Waals surface area (Å²) in [6.07, 6.45) is 1.72. The van der Waals surface area contributed by atoms with E-state index in [4.69, 9.17) is 14.2 Å². The first-order chi connectivity index (χ1) is 10.2. The van der Waals surface area contributed by atoms with Crippen LogP contribution in [0.2, 0.25) is 0 Å². The van der Waals surface area contributed by atoms with Crippen LogP contribution in [0.3, 0.4) is 0 Å². The lowest BCUT2D eigenvalue weighted by atomic mass is 10.2. The summed E-state index contributed by atoms with van der Waals surface area (Å²) in [4.78, 5) is 0. The van der Waals surface area contributed by atoms with E-state index in [0.717, 1.165) is 24.6 Å². The fourth-order valence-electron chi connectivity index (χ4n) is 2.09. The molecule has 1 aromatic rings. The van der Waals surface area contributed by atoms with Crippen molar-refractivity contribution in [2.45, 2.75) is 0 Å². The topological polar surface area (TPSA) is 67.1 Å². The molecule has 1 aromatic carbocycles. The lowest BCUT2D eigenvalue weighted by Gasteiger charge is -2.13. The van der Waals surface area contributed by atoms with E-state index < -0.39 is 0 Å². The minimum absolute atomic E-state index is 0.552. The van der Waals surface area contributed by atoms with Gasteiger partial charge in [-0.1, -0.05) is 0 Å². The molecule has 0 bridgehead atoms. The van der Waals surface area contributed by atoms with Crippen LogP contribution in [0.1, 0.15) is 5.56 Å². The Kier molecular flexibility index (Phi) is 4.86. The van der Waals surface area contributed by atoms with Gasteiger partial charge in [-0.05, 0) is 12.1 Å². The second kappa shape index (κ2) is 6.83. The zero-order valence-corrected chi connectivity index (χ0v) is 12.8. The van der Waals surface area contributed by atoms with Crippen LogP contribution in [0.25, 0.3) is 0 Å². The van der Waals surface area contributed by atoms with Crippen LogP contribution >= 0.6 is 0 Å². The molecule has 1 aliphatic heterocycles. The minimum Gasteiger partial charge on any atom is -0.493 e. The van der Waals surface area contributed by atoms with E-state index in [2.05, 4.69) is 15.7 Å². The molecule has 0 aliphatic carbocycles. The summed E-state index contributed by atoms with van der Waals surface area (Å²) in [7, 11) is 6.63. The Morgan fingerprint density at radius 2 is 1.71 bits per heavy atom. The second-order valence-corrected chi connectivity index (χ2v) is 4.39. The number of hydrazone groups is 1. The number of ether oxygens (including phenoxy) is 3. The molecule has 1 aliphatic rings. The first-order valence-corrected chi connectivity index (χ1v) is 6.62. The number of nitrogens with zero attached hydrogens (tertiary/aromatic N) is 2. The average Bonchev–Trinajstić information content (AvgIpc) is 3.05. The van der Waals surface area contributed by atoms with E-state index in [1.807, 2.05) is 19.2 Å². The molecule has 21 heavy (non-hydrogen) atoms. The average molecular weight is 293 g/mol. The monoisotopic (exact) mass is 293 g/mol. The van der Waals surface area contributed by atoms with Gasteiger partial charge in [-0.15, -0.1) is 9.79 Å². The molecule has 0 aromatic heterocycles. The lowest BCUT2D eigenvalue weighted by molar-refractivity contribution is -0.505. The zero-order valence-electron chi connectivity index (χ0n) is 12.8. The number of guanidine groups is 1. The van der Waals surface area contributed by atoms with Crippen LogP contribution in [0.4, 0.5) is 0 Å². The van der Waals surface area contributed by atoms with Crippen molar-refractivity contribution in [3.8, 4) is 17.2 Å². The van der Waals surface area contributed by atoms with Gasteiger partial charge < -0.3 is 14.2 Å². The third-order valence-electron chi connectivity index (χ3n) is 3.14. The molecule has 7 nitrogen and oxygen atoms in total. The smallest absolute Gasteiger partial charge is 0.369 e. The summed E-state index contributed by atoms with van der Waals surface area (Å²) >= 11 is 0. The van der Waals surface area contributed by atoms with Gasteiger partial charge in [0.15, 0.2) is 11.5 Å². The summed E-state index contributed by atoms with van der Waals surface area (Å²) in [6.45, 7) is 1.80. The molecule has 2 rings (SSSR count). The first kappa shape index (κ1) is 15.0.